The van der Waals surface area contributed by atoms with Gasteiger partial charge in [0.1, 0.15) is 0 Å². The lowest BCUT2D eigenvalue weighted by Crippen LogP contribution is -2.24. The van der Waals surface area contributed by atoms with Gasteiger partial charge in [0.15, 0.2) is 0 Å². The van der Waals surface area contributed by atoms with Crippen molar-refractivity contribution in [3.8, 4) is 11.1 Å². The van der Waals surface area contributed by atoms with Crippen LogP contribution in [0.2, 0.25) is 0 Å². The number of hydrogen-bond acceptors (Lipinski definition) is 1. The summed E-state index contributed by atoms with van der Waals surface area (Å²) in [5.74, 6) is 0. The number of fused-ring (bicyclic) bond motifs is 3. The van der Waals surface area contributed by atoms with Crippen LogP contribution in [0.15, 0.2) is 66.9 Å². The van der Waals surface area contributed by atoms with Gasteiger partial charge in [-0.05, 0) is 47.7 Å². The van der Waals surface area contributed by atoms with Crippen LogP contribution in [0.4, 0.5) is 0 Å². The van der Waals surface area contributed by atoms with Gasteiger partial charge in [-0.2, -0.15) is 0 Å². The van der Waals surface area contributed by atoms with E-state index in [4.69, 9.17) is 0 Å². The van der Waals surface area contributed by atoms with E-state index in [1.54, 1.807) is 0 Å². The molecule has 1 aliphatic carbocycles. The second-order valence-corrected chi connectivity index (χ2v) is 5.85. The Balaban J connectivity index is 2.12. The molecule has 0 saturated heterocycles. The number of nitrogens with zero attached hydrogens (tertiary/aromatic N) is 1. The van der Waals surface area contributed by atoms with Crippen LogP contribution in [0, 0.1) is 6.92 Å². The van der Waals surface area contributed by atoms with Crippen LogP contribution in [0.1, 0.15) is 29.3 Å². The number of pyridine rings is 1. The SMILES string of the molecule is Cc1ncccc1C1(C)c2ccccc2-c2ccccc21. The summed E-state index contributed by atoms with van der Waals surface area (Å²) < 4.78 is 0. The van der Waals surface area contributed by atoms with Gasteiger partial charge >= 0.3 is 0 Å². The molecule has 0 bridgehead atoms. The molecule has 0 atom stereocenters. The number of aryl methyl sites for hydroxylation is 1. The average molecular weight is 271 g/mol. The molecule has 21 heavy (non-hydrogen) atoms. The van der Waals surface area contributed by atoms with Gasteiger partial charge in [0.2, 0.25) is 0 Å². The number of aromatic nitrogens is 1. The Morgan fingerprint density at radius 2 is 1.24 bits per heavy atom. The third-order valence-corrected chi connectivity index (χ3v) is 4.77. The lowest BCUT2D eigenvalue weighted by molar-refractivity contribution is 0.701. The fraction of sp³-hybridized carbons (Fsp3) is 0.150. The Labute approximate surface area is 125 Å². The average Bonchev–Trinajstić information content (AvgIpc) is 2.79. The van der Waals surface area contributed by atoms with Crippen molar-refractivity contribution >= 4 is 0 Å². The monoisotopic (exact) mass is 271 g/mol. The second-order valence-electron chi connectivity index (χ2n) is 5.85. The highest BCUT2D eigenvalue weighted by atomic mass is 14.7. The summed E-state index contributed by atoms with van der Waals surface area (Å²) >= 11 is 0. The first-order valence-electron chi connectivity index (χ1n) is 7.34. The van der Waals surface area contributed by atoms with Crippen molar-refractivity contribution in [2.45, 2.75) is 19.3 Å². The molecule has 0 spiro atoms. The highest BCUT2D eigenvalue weighted by Gasteiger charge is 2.41. The van der Waals surface area contributed by atoms with Crippen molar-refractivity contribution in [3.05, 3.63) is 89.2 Å². The minimum absolute atomic E-state index is 0.120. The predicted molar refractivity (Wildman–Crippen MR) is 86.4 cm³/mol. The molecule has 0 radical (unpaired) electrons. The fourth-order valence-corrected chi connectivity index (χ4v) is 3.76. The van der Waals surface area contributed by atoms with Crippen molar-refractivity contribution < 1.29 is 0 Å². The molecular weight excluding hydrogens is 254 g/mol. The van der Waals surface area contributed by atoms with Crippen molar-refractivity contribution in [2.24, 2.45) is 0 Å². The van der Waals surface area contributed by atoms with Crippen LogP contribution in [-0.4, -0.2) is 4.98 Å². The molecule has 1 nitrogen and oxygen atoms in total. The first kappa shape index (κ1) is 12.3. The van der Waals surface area contributed by atoms with E-state index in [1.807, 2.05) is 12.3 Å². The van der Waals surface area contributed by atoms with E-state index in [9.17, 15) is 0 Å². The molecule has 0 unspecified atom stereocenters. The van der Waals surface area contributed by atoms with Crippen LogP contribution in [-0.2, 0) is 5.41 Å². The lowest BCUT2D eigenvalue weighted by atomic mass is 9.74. The maximum atomic E-state index is 4.51. The zero-order chi connectivity index (χ0) is 14.4. The second kappa shape index (κ2) is 4.29. The summed E-state index contributed by atoms with van der Waals surface area (Å²) in [7, 11) is 0. The van der Waals surface area contributed by atoms with Gasteiger partial charge in [-0.1, -0.05) is 54.6 Å². The Morgan fingerprint density at radius 3 is 1.81 bits per heavy atom. The quantitative estimate of drug-likeness (QED) is 0.624. The highest BCUT2D eigenvalue weighted by Crippen LogP contribution is 2.52. The molecule has 3 aromatic rings. The van der Waals surface area contributed by atoms with E-state index in [0.717, 1.165) is 5.69 Å². The molecule has 0 fully saturated rings. The van der Waals surface area contributed by atoms with Gasteiger partial charge in [0.25, 0.3) is 0 Å². The zero-order valence-corrected chi connectivity index (χ0v) is 12.3. The highest BCUT2D eigenvalue weighted by molar-refractivity contribution is 5.83. The van der Waals surface area contributed by atoms with Crippen LogP contribution in [0.3, 0.4) is 0 Å². The minimum Gasteiger partial charge on any atom is -0.261 e. The van der Waals surface area contributed by atoms with Crippen LogP contribution in [0.25, 0.3) is 11.1 Å². The van der Waals surface area contributed by atoms with Gasteiger partial charge in [-0.15, -0.1) is 0 Å². The topological polar surface area (TPSA) is 12.9 Å². The zero-order valence-electron chi connectivity index (χ0n) is 12.3. The van der Waals surface area contributed by atoms with E-state index >= 15 is 0 Å². The third kappa shape index (κ3) is 1.55. The van der Waals surface area contributed by atoms with Crippen LogP contribution in [0.5, 0.6) is 0 Å². The lowest BCUT2D eigenvalue weighted by Gasteiger charge is -2.29. The van der Waals surface area contributed by atoms with Crippen molar-refractivity contribution in [1.29, 1.82) is 0 Å². The molecular formula is C20H17N. The van der Waals surface area contributed by atoms with E-state index in [2.05, 4.69) is 73.4 Å². The Morgan fingerprint density at radius 1 is 0.714 bits per heavy atom. The fourth-order valence-electron chi connectivity index (χ4n) is 3.76. The van der Waals surface area contributed by atoms with Crippen LogP contribution >= 0.6 is 0 Å². The first-order valence-corrected chi connectivity index (χ1v) is 7.34. The van der Waals surface area contributed by atoms with Crippen LogP contribution < -0.4 is 0 Å². The Kier molecular flexibility index (Phi) is 2.52. The van der Waals surface area contributed by atoms with E-state index in [1.165, 1.54) is 27.8 Å². The molecule has 102 valence electrons. The smallest absolute Gasteiger partial charge is 0.0453 e. The maximum Gasteiger partial charge on any atom is 0.0453 e. The Bertz CT molecular complexity index is 787. The molecule has 1 aromatic heterocycles. The van der Waals surface area contributed by atoms with Gasteiger partial charge in [0.05, 0.1) is 0 Å². The maximum absolute atomic E-state index is 4.51. The van der Waals surface area contributed by atoms with Crippen molar-refractivity contribution in [3.63, 3.8) is 0 Å². The summed E-state index contributed by atoms with van der Waals surface area (Å²) in [5, 5.41) is 0. The van der Waals surface area contributed by atoms with Gasteiger partial charge < -0.3 is 0 Å². The normalized spacial score (nSPS) is 14.6. The number of benzene rings is 2. The first-order chi connectivity index (χ1) is 10.2. The summed E-state index contributed by atoms with van der Waals surface area (Å²) in [5.41, 5.74) is 7.72. The van der Waals surface area contributed by atoms with Crippen molar-refractivity contribution in [2.75, 3.05) is 0 Å². The summed E-state index contributed by atoms with van der Waals surface area (Å²) in [4.78, 5) is 4.51. The van der Waals surface area contributed by atoms with Crippen molar-refractivity contribution in [1.82, 2.24) is 4.98 Å². The summed E-state index contributed by atoms with van der Waals surface area (Å²) in [6.07, 6.45) is 1.87. The van der Waals surface area contributed by atoms with E-state index in [-0.39, 0.29) is 5.41 Å². The Hall–Kier alpha value is -2.41. The molecule has 0 N–H and O–H groups in total. The predicted octanol–water partition coefficient (Wildman–Crippen LogP) is 4.72. The standard InChI is InChI=1S/C20H17N/c1-14-17(12-7-13-21-14)20(2)18-10-5-3-8-15(18)16-9-4-6-11-19(16)20/h3-13H,1-2H3. The van der Waals surface area contributed by atoms with Gasteiger partial charge in [-0.25, -0.2) is 0 Å². The minimum atomic E-state index is -0.120. The molecule has 4 rings (SSSR count). The third-order valence-electron chi connectivity index (χ3n) is 4.77. The molecule has 1 aliphatic rings. The number of rotatable bonds is 1. The van der Waals surface area contributed by atoms with Gasteiger partial charge in [0, 0.05) is 17.3 Å². The molecule has 0 aliphatic heterocycles. The molecule has 0 saturated carbocycles. The summed E-state index contributed by atoms with van der Waals surface area (Å²) in [6.45, 7) is 4.42. The van der Waals surface area contributed by atoms with E-state index < -0.39 is 0 Å². The molecule has 0 amide bonds. The summed E-state index contributed by atoms with van der Waals surface area (Å²) in [6, 6.07) is 21.7. The number of hydrogen-bond donors (Lipinski definition) is 0. The molecule has 1 heterocycles. The van der Waals surface area contributed by atoms with E-state index in [0.29, 0.717) is 0 Å². The molecule has 1 heteroatoms. The molecule has 2 aromatic carbocycles. The van der Waals surface area contributed by atoms with Gasteiger partial charge in [-0.3, -0.25) is 4.98 Å². The largest absolute Gasteiger partial charge is 0.261 e.